The maximum Gasteiger partial charge on any atom is 0.335 e. The Bertz CT molecular complexity index is 1120. The number of aromatic carboxylic acids is 1. The third-order valence-corrected chi connectivity index (χ3v) is 6.13. The molecule has 0 aliphatic carbocycles. The smallest absolute Gasteiger partial charge is 0.335 e. The van der Waals surface area contributed by atoms with Gasteiger partial charge in [-0.25, -0.2) is 4.79 Å². The minimum absolute atomic E-state index is 0.0575. The van der Waals surface area contributed by atoms with Crippen LogP contribution in [0, 0.1) is 5.92 Å². The quantitative estimate of drug-likeness (QED) is 0.359. The van der Waals surface area contributed by atoms with E-state index in [1.165, 1.54) is 0 Å². The second-order valence-corrected chi connectivity index (χ2v) is 8.62. The minimum atomic E-state index is -0.972. The van der Waals surface area contributed by atoms with Gasteiger partial charge in [-0.3, -0.25) is 4.79 Å². The molecule has 6 heteroatoms. The molecule has 2 atom stereocenters. The second-order valence-electron chi connectivity index (χ2n) is 8.62. The summed E-state index contributed by atoms with van der Waals surface area (Å²) in [5.41, 5.74) is 4.49. The highest BCUT2D eigenvalue weighted by atomic mass is 16.5. The van der Waals surface area contributed by atoms with Crippen LogP contribution in [0.2, 0.25) is 0 Å². The van der Waals surface area contributed by atoms with Crippen LogP contribution in [0.1, 0.15) is 73.0 Å². The number of hydrogen-bond acceptors (Lipinski definition) is 3. The van der Waals surface area contributed by atoms with Gasteiger partial charge in [0.15, 0.2) is 0 Å². The van der Waals surface area contributed by atoms with Crippen LogP contribution in [0.4, 0.5) is 0 Å². The van der Waals surface area contributed by atoms with Crippen LogP contribution in [0.3, 0.4) is 0 Å². The lowest BCUT2D eigenvalue weighted by molar-refractivity contribution is -0.124. The molecule has 176 valence electrons. The predicted molar refractivity (Wildman–Crippen MR) is 131 cm³/mol. The van der Waals surface area contributed by atoms with E-state index in [4.69, 9.17) is 4.74 Å². The molecule has 0 bridgehead atoms. The number of fused-ring (bicyclic) bond motifs is 1. The monoisotopic (exact) mass is 450 g/mol. The Morgan fingerprint density at radius 1 is 1.09 bits per heavy atom. The number of methoxy groups -OCH3 is 1. The number of carboxylic acids is 1. The summed E-state index contributed by atoms with van der Waals surface area (Å²) in [5, 5.41) is 13.5. The zero-order chi connectivity index (χ0) is 24.0. The summed E-state index contributed by atoms with van der Waals surface area (Å²) in [7, 11) is 1.58. The fourth-order valence-electron chi connectivity index (χ4n) is 4.37. The van der Waals surface area contributed by atoms with Gasteiger partial charge in [0.05, 0.1) is 12.7 Å². The van der Waals surface area contributed by atoms with Gasteiger partial charge >= 0.3 is 5.97 Å². The Labute approximate surface area is 195 Å². The summed E-state index contributed by atoms with van der Waals surface area (Å²) < 4.78 is 5.59. The number of amides is 1. The Morgan fingerprint density at radius 2 is 1.88 bits per heavy atom. The van der Waals surface area contributed by atoms with Crippen molar-refractivity contribution in [1.29, 1.82) is 0 Å². The molecule has 1 heterocycles. The maximum absolute atomic E-state index is 12.3. The van der Waals surface area contributed by atoms with Gasteiger partial charge in [-0.1, -0.05) is 39.3 Å². The molecule has 33 heavy (non-hydrogen) atoms. The molecule has 0 aliphatic rings. The van der Waals surface area contributed by atoms with Gasteiger partial charge in [-0.15, -0.1) is 0 Å². The molecule has 0 saturated carbocycles. The molecule has 1 unspecified atom stereocenters. The third-order valence-electron chi connectivity index (χ3n) is 6.13. The molecule has 0 radical (unpaired) electrons. The highest BCUT2D eigenvalue weighted by Crippen LogP contribution is 2.39. The Hall–Kier alpha value is -3.28. The normalized spacial score (nSPS) is 13.0. The van der Waals surface area contributed by atoms with Crippen molar-refractivity contribution in [2.24, 2.45) is 5.92 Å². The first-order valence-electron chi connectivity index (χ1n) is 11.7. The van der Waals surface area contributed by atoms with Crippen molar-refractivity contribution in [2.75, 3.05) is 13.7 Å². The number of rotatable bonds is 11. The molecule has 2 aromatic carbocycles. The van der Waals surface area contributed by atoms with Crippen LogP contribution in [-0.4, -0.2) is 35.6 Å². The molecular formula is C27H34N2O4. The van der Waals surface area contributed by atoms with Gasteiger partial charge in [0.25, 0.3) is 0 Å². The van der Waals surface area contributed by atoms with Gasteiger partial charge in [0, 0.05) is 41.0 Å². The third kappa shape index (κ3) is 5.56. The zero-order valence-electron chi connectivity index (χ0n) is 19.9. The fraction of sp³-hybridized carbons (Fsp3) is 0.407. The number of carbonyl (C=O) groups is 2. The van der Waals surface area contributed by atoms with Crippen molar-refractivity contribution in [3.63, 3.8) is 0 Å². The van der Waals surface area contributed by atoms with E-state index < -0.39 is 5.97 Å². The van der Waals surface area contributed by atoms with Crippen molar-refractivity contribution in [1.82, 2.24) is 10.3 Å². The predicted octanol–water partition coefficient (Wildman–Crippen LogP) is 5.51. The number of aromatic amines is 1. The Morgan fingerprint density at radius 3 is 2.55 bits per heavy atom. The first-order valence-corrected chi connectivity index (χ1v) is 11.7. The lowest BCUT2D eigenvalue weighted by Crippen LogP contribution is -2.30. The van der Waals surface area contributed by atoms with E-state index in [1.54, 1.807) is 19.2 Å². The van der Waals surface area contributed by atoms with Gasteiger partial charge in [0.2, 0.25) is 5.91 Å². The number of benzene rings is 2. The lowest BCUT2D eigenvalue weighted by Gasteiger charge is -2.20. The van der Waals surface area contributed by atoms with Crippen molar-refractivity contribution in [2.45, 2.75) is 52.4 Å². The van der Waals surface area contributed by atoms with Crippen molar-refractivity contribution < 1.29 is 19.4 Å². The number of H-pyrrole nitrogens is 1. The average Bonchev–Trinajstić information content (AvgIpc) is 3.23. The number of ether oxygens (including phenoxy) is 1. The molecule has 1 amide bonds. The second kappa shape index (κ2) is 11.0. The standard InChI is InChI=1S/C27H34N2O4/c1-5-7-20(21-10-9-19(27(31)32)15-25(21)33-4)23-16-29-24-11-8-18(14-22(23)24)13-17(3)26(30)28-12-6-2/h8-11,14-17,20,29H,5-7,12-13H2,1-4H3,(H,28,30)(H,31,32)/t17-,20?/m0/s1. The van der Waals surface area contributed by atoms with Crippen LogP contribution in [0.15, 0.2) is 42.6 Å². The van der Waals surface area contributed by atoms with E-state index in [1.807, 2.05) is 26.1 Å². The van der Waals surface area contributed by atoms with Crippen molar-refractivity contribution in [3.05, 3.63) is 64.8 Å². The molecule has 0 saturated heterocycles. The molecule has 3 rings (SSSR count). The van der Waals surface area contributed by atoms with E-state index >= 15 is 0 Å². The topological polar surface area (TPSA) is 91.4 Å². The molecular weight excluding hydrogens is 416 g/mol. The maximum atomic E-state index is 12.3. The van der Waals surface area contributed by atoms with Crippen LogP contribution in [0.25, 0.3) is 10.9 Å². The van der Waals surface area contributed by atoms with E-state index in [0.29, 0.717) is 18.7 Å². The van der Waals surface area contributed by atoms with E-state index in [9.17, 15) is 14.7 Å². The number of hydrogen-bond donors (Lipinski definition) is 3. The van der Waals surface area contributed by atoms with E-state index in [2.05, 4.69) is 35.4 Å². The summed E-state index contributed by atoms with van der Waals surface area (Å²) in [4.78, 5) is 27.1. The molecule has 0 aliphatic heterocycles. The summed E-state index contributed by atoms with van der Waals surface area (Å²) >= 11 is 0. The Balaban J connectivity index is 1.98. The van der Waals surface area contributed by atoms with Gasteiger partial charge in [-0.2, -0.15) is 0 Å². The molecule has 3 aromatic rings. The van der Waals surface area contributed by atoms with Crippen LogP contribution >= 0.6 is 0 Å². The highest BCUT2D eigenvalue weighted by Gasteiger charge is 2.22. The SMILES string of the molecule is CCCNC(=O)[C@@H](C)Cc1ccc2[nH]cc(C(CCC)c3ccc(C(=O)O)cc3OC)c2c1. The van der Waals surface area contributed by atoms with Crippen LogP contribution in [-0.2, 0) is 11.2 Å². The molecule has 6 nitrogen and oxygen atoms in total. The number of nitrogens with one attached hydrogen (secondary N) is 2. The highest BCUT2D eigenvalue weighted by molar-refractivity contribution is 5.89. The largest absolute Gasteiger partial charge is 0.496 e. The first kappa shape index (κ1) is 24.4. The summed E-state index contributed by atoms with van der Waals surface area (Å²) in [6.07, 6.45) is 5.50. The van der Waals surface area contributed by atoms with Crippen molar-refractivity contribution in [3.8, 4) is 5.75 Å². The van der Waals surface area contributed by atoms with Crippen LogP contribution in [0.5, 0.6) is 5.75 Å². The molecule has 1 aromatic heterocycles. The van der Waals surface area contributed by atoms with Crippen LogP contribution < -0.4 is 10.1 Å². The number of aromatic nitrogens is 1. The van der Waals surface area contributed by atoms with Gasteiger partial charge < -0.3 is 20.1 Å². The minimum Gasteiger partial charge on any atom is -0.496 e. The van der Waals surface area contributed by atoms with Crippen molar-refractivity contribution >= 4 is 22.8 Å². The fourth-order valence-corrected chi connectivity index (χ4v) is 4.37. The number of carbonyl (C=O) groups excluding carboxylic acids is 1. The first-order chi connectivity index (χ1) is 15.9. The molecule has 0 fully saturated rings. The Kier molecular flexibility index (Phi) is 8.15. The molecule has 0 spiro atoms. The summed E-state index contributed by atoms with van der Waals surface area (Å²) in [6.45, 7) is 6.85. The zero-order valence-corrected chi connectivity index (χ0v) is 19.9. The van der Waals surface area contributed by atoms with Gasteiger partial charge in [0.1, 0.15) is 5.75 Å². The van der Waals surface area contributed by atoms with E-state index in [-0.39, 0.29) is 23.3 Å². The summed E-state index contributed by atoms with van der Waals surface area (Å²) in [6, 6.07) is 11.4. The summed E-state index contributed by atoms with van der Waals surface area (Å²) in [5.74, 6) is -0.354. The molecule has 3 N–H and O–H groups in total. The van der Waals surface area contributed by atoms with E-state index in [0.717, 1.165) is 46.9 Å². The lowest BCUT2D eigenvalue weighted by atomic mass is 9.86. The average molecular weight is 451 g/mol. The number of carboxylic acid groups (broad SMARTS) is 1. The van der Waals surface area contributed by atoms with Gasteiger partial charge in [-0.05, 0) is 54.7 Å².